The predicted molar refractivity (Wildman–Crippen MR) is 56.2 cm³/mol. The molecule has 1 heterocycles. The number of aliphatic hydroxyl groups excluding tert-OH is 1. The van der Waals surface area contributed by atoms with Crippen molar-refractivity contribution in [1.29, 1.82) is 0 Å². The van der Waals surface area contributed by atoms with Gasteiger partial charge in [-0.15, -0.1) is 0 Å². The Labute approximate surface area is 88.6 Å². The topological polar surface area (TPSA) is 58.0 Å². The van der Waals surface area contributed by atoms with Crippen molar-refractivity contribution in [1.82, 2.24) is 9.97 Å². The van der Waals surface area contributed by atoms with Crippen molar-refractivity contribution in [3.8, 4) is 0 Å². The zero-order valence-corrected chi connectivity index (χ0v) is 9.00. The Morgan fingerprint density at radius 1 is 1.47 bits per heavy atom. The van der Waals surface area contributed by atoms with Crippen molar-refractivity contribution in [2.45, 2.75) is 32.8 Å². The first-order chi connectivity index (χ1) is 7.19. The van der Waals surface area contributed by atoms with Crippen LogP contribution in [0.5, 0.6) is 0 Å². The summed E-state index contributed by atoms with van der Waals surface area (Å²) < 4.78 is 13.6. The van der Waals surface area contributed by atoms with Gasteiger partial charge in [-0.05, 0) is 12.8 Å². The van der Waals surface area contributed by atoms with E-state index in [9.17, 15) is 9.50 Å². The third kappa shape index (κ3) is 3.13. The van der Waals surface area contributed by atoms with Gasteiger partial charge in [-0.2, -0.15) is 0 Å². The van der Waals surface area contributed by atoms with Crippen LogP contribution in [0.4, 0.5) is 10.2 Å². The summed E-state index contributed by atoms with van der Waals surface area (Å²) >= 11 is 0. The summed E-state index contributed by atoms with van der Waals surface area (Å²) in [4.78, 5) is 7.60. The molecule has 15 heavy (non-hydrogen) atoms. The number of nitrogens with zero attached hydrogens (tertiary/aromatic N) is 2. The molecule has 0 spiro atoms. The lowest BCUT2D eigenvalue weighted by Gasteiger charge is -2.11. The number of aromatic nitrogens is 2. The van der Waals surface area contributed by atoms with E-state index in [4.69, 9.17) is 0 Å². The average molecular weight is 213 g/mol. The molecule has 0 aliphatic heterocycles. The quantitative estimate of drug-likeness (QED) is 0.775. The van der Waals surface area contributed by atoms with E-state index in [0.717, 1.165) is 0 Å². The predicted octanol–water partition coefficient (Wildman–Crippen LogP) is 1.36. The molecule has 1 rings (SSSR count). The Balaban J connectivity index is 2.68. The van der Waals surface area contributed by atoms with Crippen molar-refractivity contribution < 1.29 is 9.50 Å². The van der Waals surface area contributed by atoms with Gasteiger partial charge in [-0.3, -0.25) is 0 Å². The van der Waals surface area contributed by atoms with Crippen LogP contribution >= 0.6 is 0 Å². The fourth-order valence-electron chi connectivity index (χ4n) is 1.13. The van der Waals surface area contributed by atoms with Gasteiger partial charge < -0.3 is 10.4 Å². The molecular formula is C10H16FN3O. The van der Waals surface area contributed by atoms with Crippen LogP contribution < -0.4 is 5.32 Å². The number of aliphatic hydroxyl groups is 1. The second-order valence-corrected chi connectivity index (χ2v) is 3.28. The van der Waals surface area contributed by atoms with Crippen LogP contribution in [-0.2, 0) is 6.42 Å². The molecule has 4 nitrogen and oxygen atoms in total. The minimum absolute atomic E-state index is 0.161. The summed E-state index contributed by atoms with van der Waals surface area (Å²) in [6, 6.07) is 0. The van der Waals surface area contributed by atoms with E-state index in [-0.39, 0.29) is 5.82 Å². The highest BCUT2D eigenvalue weighted by atomic mass is 19.1. The van der Waals surface area contributed by atoms with Gasteiger partial charge in [0.15, 0.2) is 11.6 Å². The monoisotopic (exact) mass is 213 g/mol. The summed E-state index contributed by atoms with van der Waals surface area (Å²) in [5.41, 5.74) is 0.387. The van der Waals surface area contributed by atoms with Crippen LogP contribution in [0.3, 0.4) is 0 Å². The molecule has 0 saturated carbocycles. The van der Waals surface area contributed by atoms with Gasteiger partial charge in [0.2, 0.25) is 0 Å². The highest BCUT2D eigenvalue weighted by Gasteiger charge is 2.10. The van der Waals surface area contributed by atoms with Crippen molar-refractivity contribution in [2.24, 2.45) is 0 Å². The molecule has 0 radical (unpaired) electrons. The molecule has 84 valence electrons. The smallest absolute Gasteiger partial charge is 0.186 e. The molecule has 0 fully saturated rings. The Kier molecular flexibility index (Phi) is 4.42. The van der Waals surface area contributed by atoms with Gasteiger partial charge in [-0.25, -0.2) is 14.4 Å². The molecule has 1 atom stereocenters. The number of hydrogen-bond acceptors (Lipinski definition) is 4. The molecular weight excluding hydrogens is 197 g/mol. The number of hydrogen-bond donors (Lipinski definition) is 2. The first-order valence-electron chi connectivity index (χ1n) is 5.10. The van der Waals surface area contributed by atoms with E-state index in [1.807, 2.05) is 13.8 Å². The molecule has 0 aliphatic carbocycles. The van der Waals surface area contributed by atoms with Crippen LogP contribution in [0.1, 0.15) is 26.0 Å². The number of anilines is 1. The van der Waals surface area contributed by atoms with Gasteiger partial charge in [0.05, 0.1) is 11.8 Å². The minimum atomic E-state index is -0.482. The van der Waals surface area contributed by atoms with Crippen molar-refractivity contribution >= 4 is 5.82 Å². The largest absolute Gasteiger partial charge is 0.391 e. The molecule has 0 saturated heterocycles. The second-order valence-electron chi connectivity index (χ2n) is 3.28. The van der Waals surface area contributed by atoms with Crippen LogP contribution in [0, 0.1) is 5.82 Å². The summed E-state index contributed by atoms with van der Waals surface area (Å²) in [7, 11) is 0. The van der Waals surface area contributed by atoms with Gasteiger partial charge in [0.1, 0.15) is 6.33 Å². The second kappa shape index (κ2) is 5.60. The van der Waals surface area contributed by atoms with Gasteiger partial charge in [0.25, 0.3) is 0 Å². The zero-order chi connectivity index (χ0) is 11.3. The van der Waals surface area contributed by atoms with E-state index >= 15 is 0 Å². The first kappa shape index (κ1) is 11.8. The lowest BCUT2D eigenvalue weighted by Crippen LogP contribution is -2.20. The van der Waals surface area contributed by atoms with E-state index in [0.29, 0.717) is 25.1 Å². The fourth-order valence-corrected chi connectivity index (χ4v) is 1.13. The van der Waals surface area contributed by atoms with Gasteiger partial charge in [-0.1, -0.05) is 13.8 Å². The zero-order valence-electron chi connectivity index (χ0n) is 9.00. The van der Waals surface area contributed by atoms with Crippen molar-refractivity contribution in [3.05, 3.63) is 17.8 Å². The third-order valence-electron chi connectivity index (χ3n) is 2.17. The van der Waals surface area contributed by atoms with Gasteiger partial charge >= 0.3 is 0 Å². The average Bonchev–Trinajstić information content (AvgIpc) is 2.27. The van der Waals surface area contributed by atoms with Crippen LogP contribution in [0.15, 0.2) is 6.33 Å². The van der Waals surface area contributed by atoms with E-state index < -0.39 is 11.9 Å². The lowest BCUT2D eigenvalue weighted by molar-refractivity contribution is 0.183. The molecule has 5 heteroatoms. The van der Waals surface area contributed by atoms with Crippen LogP contribution in [0.2, 0.25) is 0 Å². The third-order valence-corrected chi connectivity index (χ3v) is 2.17. The van der Waals surface area contributed by atoms with E-state index in [2.05, 4.69) is 15.3 Å². The number of rotatable bonds is 5. The van der Waals surface area contributed by atoms with E-state index in [1.165, 1.54) is 6.33 Å². The van der Waals surface area contributed by atoms with Crippen LogP contribution in [-0.4, -0.2) is 27.7 Å². The van der Waals surface area contributed by atoms with Crippen molar-refractivity contribution in [3.63, 3.8) is 0 Å². The number of halogens is 1. The highest BCUT2D eigenvalue weighted by molar-refractivity contribution is 5.37. The Morgan fingerprint density at radius 3 is 2.80 bits per heavy atom. The maximum atomic E-state index is 13.6. The number of aryl methyl sites for hydroxylation is 1. The molecule has 0 aliphatic rings. The summed E-state index contributed by atoms with van der Waals surface area (Å²) in [5, 5.41) is 12.1. The Hall–Kier alpha value is -1.23. The Morgan fingerprint density at radius 2 is 2.20 bits per heavy atom. The highest BCUT2D eigenvalue weighted by Crippen LogP contribution is 2.13. The summed E-state index contributed by atoms with van der Waals surface area (Å²) in [6.07, 6.45) is 1.99. The molecule has 2 N–H and O–H groups in total. The molecule has 0 bridgehead atoms. The minimum Gasteiger partial charge on any atom is -0.391 e. The molecule has 1 aromatic heterocycles. The maximum absolute atomic E-state index is 13.6. The number of nitrogens with one attached hydrogen (secondary N) is 1. The normalized spacial score (nSPS) is 12.5. The molecule has 0 aromatic carbocycles. The van der Waals surface area contributed by atoms with Crippen LogP contribution in [0.25, 0.3) is 0 Å². The molecule has 1 unspecified atom stereocenters. The standard InChI is InChI=1S/C10H16FN3O/c1-3-7(15)5-12-10-9(11)8(4-2)13-6-14-10/h6-7,15H,3-5H2,1-2H3,(H,12,13,14). The molecule has 0 amide bonds. The summed E-state index contributed by atoms with van der Waals surface area (Å²) in [5.74, 6) is -0.266. The first-order valence-corrected chi connectivity index (χ1v) is 5.10. The maximum Gasteiger partial charge on any atom is 0.186 e. The summed E-state index contributed by atoms with van der Waals surface area (Å²) in [6.45, 7) is 3.99. The Bertz CT molecular complexity index is 320. The van der Waals surface area contributed by atoms with Crippen molar-refractivity contribution in [2.75, 3.05) is 11.9 Å². The lowest BCUT2D eigenvalue weighted by atomic mass is 10.2. The SMILES string of the molecule is CCc1ncnc(NCC(O)CC)c1F. The molecule has 1 aromatic rings. The fraction of sp³-hybridized carbons (Fsp3) is 0.600. The van der Waals surface area contributed by atoms with E-state index in [1.54, 1.807) is 0 Å². The van der Waals surface area contributed by atoms with Gasteiger partial charge in [0, 0.05) is 6.54 Å².